The summed E-state index contributed by atoms with van der Waals surface area (Å²) in [6.45, 7) is 9.60. The number of hydrogen-bond donors (Lipinski definition) is 1. The number of carbonyl (C=O) groups excluding carboxylic acids is 2. The van der Waals surface area contributed by atoms with E-state index in [0.717, 1.165) is 12.8 Å². The van der Waals surface area contributed by atoms with Crippen LogP contribution < -0.4 is 5.32 Å². The molecule has 0 aromatic heterocycles. The molecule has 0 aromatic carbocycles. The minimum Gasteiger partial charge on any atom is -0.453 e. The second-order valence-electron chi connectivity index (χ2n) is 6.72. The normalized spacial score (nSPS) is 28.6. The Morgan fingerprint density at radius 1 is 1.20 bits per heavy atom. The van der Waals surface area contributed by atoms with Crippen LogP contribution in [0.5, 0.6) is 0 Å². The first-order valence-corrected chi connectivity index (χ1v) is 7.19. The molecule has 116 valence electrons. The molecule has 1 rings (SSSR count). The first-order valence-electron chi connectivity index (χ1n) is 7.19. The Balaban J connectivity index is 2.91. The van der Waals surface area contributed by atoms with E-state index in [4.69, 9.17) is 4.74 Å². The third-order valence-corrected chi connectivity index (χ3v) is 3.69. The summed E-state index contributed by atoms with van der Waals surface area (Å²) in [4.78, 5) is 24.2. The van der Waals surface area contributed by atoms with Gasteiger partial charge in [-0.2, -0.15) is 0 Å². The zero-order valence-corrected chi connectivity index (χ0v) is 13.4. The fraction of sp³-hybridized carbons (Fsp3) is 0.867. The van der Waals surface area contributed by atoms with E-state index < -0.39 is 17.6 Å². The molecule has 0 bridgehead atoms. The Kier molecular flexibility index (Phi) is 5.57. The largest absolute Gasteiger partial charge is 0.453 e. The summed E-state index contributed by atoms with van der Waals surface area (Å²) in [5.74, 6) is 0.119. The number of carbonyl (C=O) groups is 2. The third-order valence-electron chi connectivity index (χ3n) is 3.69. The van der Waals surface area contributed by atoms with Crippen LogP contribution in [0, 0.1) is 11.3 Å². The van der Waals surface area contributed by atoms with E-state index in [1.54, 1.807) is 0 Å². The standard InChI is InChI=1S/C15H27NO4/c1-9-7-11(8-10(2)20-9)12(16-14(18)19-6)13(17)15(3,4)5/h9-12H,7-8H2,1-6H3,(H,16,18). The zero-order valence-electron chi connectivity index (χ0n) is 13.4. The van der Waals surface area contributed by atoms with E-state index in [0.29, 0.717) is 0 Å². The van der Waals surface area contributed by atoms with E-state index >= 15 is 0 Å². The summed E-state index contributed by atoms with van der Waals surface area (Å²) in [6.07, 6.45) is 1.16. The van der Waals surface area contributed by atoms with Gasteiger partial charge in [0.15, 0.2) is 5.78 Å². The number of alkyl carbamates (subject to hydrolysis) is 1. The lowest BCUT2D eigenvalue weighted by molar-refractivity contribution is -0.132. The highest BCUT2D eigenvalue weighted by molar-refractivity contribution is 5.91. The zero-order chi connectivity index (χ0) is 15.5. The lowest BCUT2D eigenvalue weighted by Gasteiger charge is -2.38. The van der Waals surface area contributed by atoms with Crippen molar-refractivity contribution in [2.45, 2.75) is 65.7 Å². The Morgan fingerprint density at radius 2 is 1.70 bits per heavy atom. The SMILES string of the molecule is COC(=O)NC(C(=O)C(C)(C)C)C1CC(C)OC(C)C1. The van der Waals surface area contributed by atoms with Crippen molar-refractivity contribution in [2.24, 2.45) is 11.3 Å². The third kappa shape index (κ3) is 4.47. The topological polar surface area (TPSA) is 64.6 Å². The lowest BCUT2D eigenvalue weighted by Crippen LogP contribution is -2.52. The van der Waals surface area contributed by atoms with E-state index in [1.165, 1.54) is 7.11 Å². The van der Waals surface area contributed by atoms with Gasteiger partial charge in [0.1, 0.15) is 0 Å². The molecule has 0 saturated carbocycles. The van der Waals surface area contributed by atoms with Crippen molar-refractivity contribution in [1.82, 2.24) is 5.32 Å². The fourth-order valence-electron chi connectivity index (χ4n) is 2.78. The first-order chi connectivity index (χ1) is 9.15. The molecule has 5 heteroatoms. The van der Waals surface area contributed by atoms with Crippen molar-refractivity contribution in [3.05, 3.63) is 0 Å². The van der Waals surface area contributed by atoms with Gasteiger partial charge in [-0.05, 0) is 32.6 Å². The molecule has 1 aliphatic rings. The highest BCUT2D eigenvalue weighted by atomic mass is 16.5. The summed E-state index contributed by atoms with van der Waals surface area (Å²) < 4.78 is 10.4. The second-order valence-corrected chi connectivity index (χ2v) is 6.72. The minimum absolute atomic E-state index is 0.0363. The van der Waals surface area contributed by atoms with Crippen molar-refractivity contribution in [1.29, 1.82) is 0 Å². The Morgan fingerprint density at radius 3 is 2.10 bits per heavy atom. The van der Waals surface area contributed by atoms with Crippen molar-refractivity contribution in [2.75, 3.05) is 7.11 Å². The molecule has 5 nitrogen and oxygen atoms in total. The van der Waals surface area contributed by atoms with Crippen molar-refractivity contribution < 1.29 is 19.1 Å². The predicted octanol–water partition coefficient (Wildman–Crippen LogP) is 2.53. The molecule has 0 radical (unpaired) electrons. The lowest BCUT2D eigenvalue weighted by atomic mass is 9.77. The summed E-state index contributed by atoms with van der Waals surface area (Å²) in [6, 6.07) is -0.517. The number of ether oxygens (including phenoxy) is 2. The van der Waals surface area contributed by atoms with E-state index in [9.17, 15) is 9.59 Å². The number of amides is 1. The van der Waals surface area contributed by atoms with E-state index in [1.807, 2.05) is 34.6 Å². The second kappa shape index (κ2) is 6.57. The molecule has 3 unspecified atom stereocenters. The average Bonchev–Trinajstić information content (AvgIpc) is 2.32. The maximum atomic E-state index is 12.6. The molecule has 1 aliphatic heterocycles. The monoisotopic (exact) mass is 285 g/mol. The van der Waals surface area contributed by atoms with Crippen LogP contribution in [0.2, 0.25) is 0 Å². The number of hydrogen-bond acceptors (Lipinski definition) is 4. The van der Waals surface area contributed by atoms with Crippen molar-refractivity contribution in [3.63, 3.8) is 0 Å². The maximum absolute atomic E-state index is 12.6. The molecule has 0 spiro atoms. The number of ketones is 1. The minimum atomic E-state index is -0.556. The molecule has 20 heavy (non-hydrogen) atoms. The molecular formula is C15H27NO4. The molecule has 1 fully saturated rings. The van der Waals surface area contributed by atoms with Gasteiger partial charge in [0.05, 0.1) is 25.4 Å². The maximum Gasteiger partial charge on any atom is 0.407 e. The molecule has 0 aromatic rings. The number of Topliss-reactive ketones (excluding diaryl/α,β-unsaturated/α-hetero) is 1. The molecular weight excluding hydrogens is 258 g/mol. The number of methoxy groups -OCH3 is 1. The Labute approximate surface area is 121 Å². The smallest absolute Gasteiger partial charge is 0.407 e. The van der Waals surface area contributed by atoms with Gasteiger partial charge in [-0.15, -0.1) is 0 Å². The highest BCUT2D eigenvalue weighted by Crippen LogP contribution is 2.31. The molecule has 3 atom stereocenters. The Hall–Kier alpha value is -1.10. The van der Waals surface area contributed by atoms with Crippen molar-refractivity contribution >= 4 is 11.9 Å². The summed E-state index contributed by atoms with van der Waals surface area (Å²) in [5, 5.41) is 2.72. The Bertz CT molecular complexity index is 351. The summed E-state index contributed by atoms with van der Waals surface area (Å²) >= 11 is 0. The van der Waals surface area contributed by atoms with E-state index in [2.05, 4.69) is 10.1 Å². The van der Waals surface area contributed by atoms with Crippen LogP contribution in [0.4, 0.5) is 4.79 Å². The van der Waals surface area contributed by atoms with Crippen molar-refractivity contribution in [3.8, 4) is 0 Å². The van der Waals surface area contributed by atoms with Crippen LogP contribution in [0.1, 0.15) is 47.5 Å². The van der Waals surface area contributed by atoms with Gasteiger partial charge in [0.2, 0.25) is 0 Å². The van der Waals surface area contributed by atoms with Gasteiger partial charge in [0, 0.05) is 5.41 Å². The van der Waals surface area contributed by atoms with E-state index in [-0.39, 0.29) is 23.9 Å². The number of nitrogens with one attached hydrogen (secondary N) is 1. The predicted molar refractivity (Wildman–Crippen MR) is 76.5 cm³/mol. The summed E-state index contributed by atoms with van der Waals surface area (Å²) in [5.41, 5.74) is -0.504. The number of rotatable bonds is 3. The van der Waals surface area contributed by atoms with Crippen LogP contribution in [0.15, 0.2) is 0 Å². The van der Waals surface area contributed by atoms with Crippen LogP contribution in [-0.4, -0.2) is 37.2 Å². The molecule has 1 saturated heterocycles. The van der Waals surface area contributed by atoms with Gasteiger partial charge >= 0.3 is 6.09 Å². The first kappa shape index (κ1) is 17.0. The molecule has 1 N–H and O–H groups in total. The van der Waals surface area contributed by atoms with Crippen LogP contribution in [-0.2, 0) is 14.3 Å². The van der Waals surface area contributed by atoms with Gasteiger partial charge in [-0.25, -0.2) is 4.79 Å². The molecule has 1 amide bonds. The molecule has 1 heterocycles. The fourth-order valence-corrected chi connectivity index (χ4v) is 2.78. The highest BCUT2D eigenvalue weighted by Gasteiger charge is 2.39. The van der Waals surface area contributed by atoms with Crippen LogP contribution in [0.3, 0.4) is 0 Å². The van der Waals surface area contributed by atoms with Crippen LogP contribution >= 0.6 is 0 Å². The average molecular weight is 285 g/mol. The summed E-state index contributed by atoms with van der Waals surface area (Å²) in [7, 11) is 1.31. The quantitative estimate of drug-likeness (QED) is 0.865. The van der Waals surface area contributed by atoms with Gasteiger partial charge in [0.25, 0.3) is 0 Å². The van der Waals surface area contributed by atoms with Gasteiger partial charge < -0.3 is 14.8 Å². The van der Waals surface area contributed by atoms with Gasteiger partial charge in [-0.3, -0.25) is 4.79 Å². The molecule has 0 aliphatic carbocycles. The van der Waals surface area contributed by atoms with Crippen LogP contribution in [0.25, 0.3) is 0 Å². The van der Waals surface area contributed by atoms with Gasteiger partial charge in [-0.1, -0.05) is 20.8 Å².